The van der Waals surface area contributed by atoms with Crippen LogP contribution in [0.1, 0.15) is 38.5 Å². The molecule has 0 radical (unpaired) electrons. The van der Waals surface area contributed by atoms with Gasteiger partial charge in [0, 0.05) is 13.1 Å². The molecule has 2 saturated heterocycles. The zero-order valence-electron chi connectivity index (χ0n) is 11.3. The Balaban J connectivity index is 1.61. The molecule has 104 valence electrons. The van der Waals surface area contributed by atoms with Gasteiger partial charge in [-0.2, -0.15) is 11.8 Å². The molecule has 0 unspecified atom stereocenters. The van der Waals surface area contributed by atoms with Crippen LogP contribution in [-0.4, -0.2) is 48.5 Å². The summed E-state index contributed by atoms with van der Waals surface area (Å²) in [6.45, 7) is 3.52. The molecule has 3 nitrogen and oxygen atoms in total. The van der Waals surface area contributed by atoms with E-state index in [-0.39, 0.29) is 0 Å². The molecule has 0 aromatic heterocycles. The summed E-state index contributed by atoms with van der Waals surface area (Å²) in [4.78, 5) is 14.1. The molecule has 0 bridgehead atoms. The molecular formula is C14H26N2OS. The van der Waals surface area contributed by atoms with Gasteiger partial charge in [0.15, 0.2) is 0 Å². The van der Waals surface area contributed by atoms with Gasteiger partial charge >= 0.3 is 0 Å². The van der Waals surface area contributed by atoms with Crippen molar-refractivity contribution in [2.24, 2.45) is 5.92 Å². The lowest BCUT2D eigenvalue weighted by molar-refractivity contribution is -0.130. The van der Waals surface area contributed by atoms with Gasteiger partial charge in [0.05, 0.1) is 6.54 Å². The Morgan fingerprint density at radius 2 is 1.78 bits per heavy atom. The van der Waals surface area contributed by atoms with Crippen LogP contribution in [0.4, 0.5) is 0 Å². The minimum absolute atomic E-state index is 0.307. The maximum absolute atomic E-state index is 12.1. The van der Waals surface area contributed by atoms with Crippen LogP contribution in [0.25, 0.3) is 0 Å². The summed E-state index contributed by atoms with van der Waals surface area (Å²) in [6.07, 6.45) is 7.58. The van der Waals surface area contributed by atoms with E-state index in [9.17, 15) is 4.79 Å². The number of likely N-dealkylation sites (tertiary alicyclic amines) is 1. The molecule has 0 atom stereocenters. The molecule has 2 aliphatic rings. The Morgan fingerprint density at radius 3 is 2.44 bits per heavy atom. The van der Waals surface area contributed by atoms with E-state index in [4.69, 9.17) is 0 Å². The van der Waals surface area contributed by atoms with Crippen LogP contribution in [0.2, 0.25) is 0 Å². The fraction of sp³-hybridized carbons (Fsp3) is 0.929. The third-order valence-corrected chi connectivity index (χ3v) is 5.06. The van der Waals surface area contributed by atoms with E-state index in [1.54, 1.807) is 0 Å². The molecule has 18 heavy (non-hydrogen) atoms. The molecule has 1 amide bonds. The number of thioether (sulfide) groups is 1. The van der Waals surface area contributed by atoms with Crippen molar-refractivity contribution in [1.82, 2.24) is 10.2 Å². The molecule has 2 fully saturated rings. The molecule has 4 heteroatoms. The highest BCUT2D eigenvalue weighted by Crippen LogP contribution is 2.21. The first-order chi connectivity index (χ1) is 8.86. The van der Waals surface area contributed by atoms with Crippen LogP contribution in [0.15, 0.2) is 0 Å². The summed E-state index contributed by atoms with van der Waals surface area (Å²) >= 11 is 2.06. The molecule has 0 aliphatic carbocycles. The van der Waals surface area contributed by atoms with Crippen LogP contribution in [0.3, 0.4) is 0 Å². The van der Waals surface area contributed by atoms with E-state index >= 15 is 0 Å². The Bertz CT molecular complexity index is 246. The summed E-state index contributed by atoms with van der Waals surface area (Å²) in [5.41, 5.74) is 0. The molecule has 1 N–H and O–H groups in total. The van der Waals surface area contributed by atoms with Crippen molar-refractivity contribution in [1.29, 1.82) is 0 Å². The summed E-state index contributed by atoms with van der Waals surface area (Å²) in [5.74, 6) is 3.70. The van der Waals surface area contributed by atoms with Gasteiger partial charge < -0.3 is 10.2 Å². The summed E-state index contributed by atoms with van der Waals surface area (Å²) in [6, 6.07) is 0. The molecule has 0 saturated carbocycles. The normalized spacial score (nSPS) is 22.8. The Labute approximate surface area is 115 Å². The van der Waals surface area contributed by atoms with Crippen molar-refractivity contribution >= 4 is 17.7 Å². The van der Waals surface area contributed by atoms with Crippen molar-refractivity contribution < 1.29 is 4.79 Å². The molecule has 2 heterocycles. The first kappa shape index (κ1) is 14.2. The maximum Gasteiger partial charge on any atom is 0.236 e. The van der Waals surface area contributed by atoms with Gasteiger partial charge in [-0.25, -0.2) is 0 Å². The van der Waals surface area contributed by atoms with E-state index in [1.807, 2.05) is 0 Å². The van der Waals surface area contributed by atoms with E-state index in [0.717, 1.165) is 25.6 Å². The van der Waals surface area contributed by atoms with E-state index < -0.39 is 0 Å². The van der Waals surface area contributed by atoms with Gasteiger partial charge in [-0.1, -0.05) is 12.8 Å². The lowest BCUT2D eigenvalue weighted by atomic mass is 10.0. The van der Waals surface area contributed by atoms with Crippen LogP contribution < -0.4 is 5.32 Å². The monoisotopic (exact) mass is 270 g/mol. The number of nitrogens with one attached hydrogen (secondary N) is 1. The molecule has 0 spiro atoms. The first-order valence-electron chi connectivity index (χ1n) is 7.42. The van der Waals surface area contributed by atoms with Gasteiger partial charge in [0.1, 0.15) is 0 Å². The number of hydrogen-bond acceptors (Lipinski definition) is 3. The predicted molar refractivity (Wildman–Crippen MR) is 78.0 cm³/mol. The average Bonchev–Trinajstić information content (AvgIpc) is 2.69. The molecule has 2 aliphatic heterocycles. The zero-order chi connectivity index (χ0) is 12.6. The zero-order valence-corrected chi connectivity index (χ0v) is 12.1. The maximum atomic E-state index is 12.1. The second-order valence-electron chi connectivity index (χ2n) is 5.48. The molecule has 2 rings (SSSR count). The van der Waals surface area contributed by atoms with Gasteiger partial charge in [0.25, 0.3) is 0 Å². The third-order valence-electron chi connectivity index (χ3n) is 4.01. The number of carbonyl (C=O) groups is 1. The topological polar surface area (TPSA) is 32.3 Å². The second-order valence-corrected chi connectivity index (χ2v) is 6.71. The lowest BCUT2D eigenvalue weighted by Crippen LogP contribution is -2.40. The molecular weight excluding hydrogens is 244 g/mol. The van der Waals surface area contributed by atoms with E-state index in [0.29, 0.717) is 12.5 Å². The molecule has 0 aromatic carbocycles. The fourth-order valence-electron chi connectivity index (χ4n) is 2.77. The lowest BCUT2D eigenvalue weighted by Gasteiger charge is -2.23. The van der Waals surface area contributed by atoms with Gasteiger partial charge in [0.2, 0.25) is 5.91 Å². The summed E-state index contributed by atoms with van der Waals surface area (Å²) in [5, 5.41) is 3.37. The highest BCUT2D eigenvalue weighted by molar-refractivity contribution is 7.99. The summed E-state index contributed by atoms with van der Waals surface area (Å²) < 4.78 is 0. The quantitative estimate of drug-likeness (QED) is 0.849. The predicted octanol–water partition coefficient (Wildman–Crippen LogP) is 2.12. The van der Waals surface area contributed by atoms with Crippen LogP contribution in [0, 0.1) is 5.92 Å². The second kappa shape index (κ2) is 8.05. The average molecular weight is 270 g/mol. The van der Waals surface area contributed by atoms with Crippen molar-refractivity contribution in [2.75, 3.05) is 37.7 Å². The van der Waals surface area contributed by atoms with E-state index in [1.165, 1.54) is 50.0 Å². The van der Waals surface area contributed by atoms with Gasteiger partial charge in [-0.15, -0.1) is 0 Å². The van der Waals surface area contributed by atoms with Crippen LogP contribution >= 0.6 is 11.8 Å². The number of hydrogen-bond donors (Lipinski definition) is 1. The first-order valence-corrected chi connectivity index (χ1v) is 8.58. The van der Waals surface area contributed by atoms with Crippen molar-refractivity contribution in [3.8, 4) is 0 Å². The highest BCUT2D eigenvalue weighted by Gasteiger charge is 2.17. The van der Waals surface area contributed by atoms with Crippen LogP contribution in [0.5, 0.6) is 0 Å². The number of rotatable bonds is 4. The van der Waals surface area contributed by atoms with Gasteiger partial charge in [-0.3, -0.25) is 4.79 Å². The standard InChI is InChI=1S/C14H26N2OS/c17-14(16-7-3-1-2-4-8-16)12-15-11-13-5-9-18-10-6-13/h13,15H,1-12H2. The highest BCUT2D eigenvalue weighted by atomic mass is 32.2. The minimum atomic E-state index is 0.307. The third kappa shape index (κ3) is 4.81. The number of amides is 1. The minimum Gasteiger partial charge on any atom is -0.342 e. The Hall–Kier alpha value is -0.220. The van der Waals surface area contributed by atoms with Crippen LogP contribution in [-0.2, 0) is 4.79 Å². The summed E-state index contributed by atoms with van der Waals surface area (Å²) in [7, 11) is 0. The largest absolute Gasteiger partial charge is 0.342 e. The Morgan fingerprint density at radius 1 is 1.11 bits per heavy atom. The number of carbonyl (C=O) groups excluding carboxylic acids is 1. The SMILES string of the molecule is O=C(CNCC1CCSCC1)N1CCCCCC1. The molecule has 0 aromatic rings. The van der Waals surface area contributed by atoms with Crippen molar-refractivity contribution in [3.05, 3.63) is 0 Å². The Kier molecular flexibility index (Phi) is 6.35. The van der Waals surface area contributed by atoms with Crippen molar-refractivity contribution in [2.45, 2.75) is 38.5 Å². The number of nitrogens with zero attached hydrogens (tertiary/aromatic N) is 1. The fourth-order valence-corrected chi connectivity index (χ4v) is 3.97. The smallest absolute Gasteiger partial charge is 0.236 e. The van der Waals surface area contributed by atoms with Gasteiger partial charge in [-0.05, 0) is 49.7 Å². The van der Waals surface area contributed by atoms with E-state index in [2.05, 4.69) is 22.0 Å². The van der Waals surface area contributed by atoms with Crippen molar-refractivity contribution in [3.63, 3.8) is 0 Å².